The summed E-state index contributed by atoms with van der Waals surface area (Å²) in [4.78, 5) is 27.0. The predicted molar refractivity (Wildman–Crippen MR) is 114 cm³/mol. The average molecular weight is 437 g/mol. The van der Waals surface area contributed by atoms with Crippen molar-refractivity contribution in [2.24, 2.45) is 0 Å². The number of carbonyl (C=O) groups excluding carboxylic acids is 2. The number of anilines is 2. The SMILES string of the molecule is COc1cc(Cl)c(C)cc1NC(=O)CCN1C(=O)C(C)(C)Oc2ccc(Cl)cc21. The molecule has 2 aromatic rings. The van der Waals surface area contributed by atoms with Crippen molar-refractivity contribution in [3.05, 3.63) is 45.9 Å². The molecule has 0 unspecified atom stereocenters. The van der Waals surface area contributed by atoms with E-state index in [1.807, 2.05) is 6.92 Å². The molecule has 0 bridgehead atoms. The first-order valence-electron chi connectivity index (χ1n) is 9.07. The average Bonchev–Trinajstić information content (AvgIpc) is 2.65. The molecule has 0 spiro atoms. The molecule has 0 radical (unpaired) electrons. The first kappa shape index (κ1) is 21.3. The van der Waals surface area contributed by atoms with E-state index in [0.29, 0.717) is 32.9 Å². The fourth-order valence-corrected chi connectivity index (χ4v) is 3.44. The highest BCUT2D eigenvalue weighted by Crippen LogP contribution is 2.39. The number of nitrogens with one attached hydrogen (secondary N) is 1. The minimum absolute atomic E-state index is 0.0819. The van der Waals surface area contributed by atoms with Crippen LogP contribution in [0.2, 0.25) is 10.0 Å². The summed E-state index contributed by atoms with van der Waals surface area (Å²) in [5.74, 6) is 0.523. The lowest BCUT2D eigenvalue weighted by molar-refractivity contribution is -0.132. The molecule has 2 amide bonds. The van der Waals surface area contributed by atoms with Crippen molar-refractivity contribution < 1.29 is 19.1 Å². The van der Waals surface area contributed by atoms with Crippen molar-refractivity contribution >= 4 is 46.4 Å². The lowest BCUT2D eigenvalue weighted by Crippen LogP contribution is -2.53. The molecule has 8 heteroatoms. The number of ether oxygens (including phenoxy) is 2. The summed E-state index contributed by atoms with van der Waals surface area (Å²) < 4.78 is 11.1. The molecule has 2 aromatic carbocycles. The van der Waals surface area contributed by atoms with Gasteiger partial charge in [-0.2, -0.15) is 0 Å². The zero-order valence-electron chi connectivity index (χ0n) is 16.6. The Kier molecular flexibility index (Phi) is 5.96. The fraction of sp³-hybridized carbons (Fsp3) is 0.333. The maximum Gasteiger partial charge on any atom is 0.270 e. The van der Waals surface area contributed by atoms with Gasteiger partial charge in [0.1, 0.15) is 11.5 Å². The van der Waals surface area contributed by atoms with Crippen molar-refractivity contribution in [2.45, 2.75) is 32.8 Å². The topological polar surface area (TPSA) is 67.9 Å². The lowest BCUT2D eigenvalue weighted by atomic mass is 10.0. The summed E-state index contributed by atoms with van der Waals surface area (Å²) >= 11 is 12.2. The van der Waals surface area contributed by atoms with Crippen LogP contribution in [0, 0.1) is 6.92 Å². The van der Waals surface area contributed by atoms with Crippen molar-refractivity contribution in [3.63, 3.8) is 0 Å². The molecule has 1 N–H and O–H groups in total. The summed E-state index contributed by atoms with van der Waals surface area (Å²) in [6.45, 7) is 5.41. The van der Waals surface area contributed by atoms with Gasteiger partial charge in [0.05, 0.1) is 18.5 Å². The molecule has 0 saturated carbocycles. The summed E-state index contributed by atoms with van der Waals surface area (Å²) in [6, 6.07) is 8.48. The van der Waals surface area contributed by atoms with Gasteiger partial charge >= 0.3 is 0 Å². The van der Waals surface area contributed by atoms with Gasteiger partial charge in [-0.15, -0.1) is 0 Å². The maximum atomic E-state index is 12.9. The van der Waals surface area contributed by atoms with E-state index in [4.69, 9.17) is 32.7 Å². The summed E-state index contributed by atoms with van der Waals surface area (Å²) in [6.07, 6.45) is 0.0819. The van der Waals surface area contributed by atoms with Gasteiger partial charge in [0, 0.05) is 29.1 Å². The number of hydrogen-bond acceptors (Lipinski definition) is 4. The lowest BCUT2D eigenvalue weighted by Gasteiger charge is -2.38. The number of fused-ring (bicyclic) bond motifs is 1. The molecule has 0 fully saturated rings. The minimum Gasteiger partial charge on any atom is -0.495 e. The van der Waals surface area contributed by atoms with E-state index in [-0.39, 0.29) is 24.8 Å². The van der Waals surface area contributed by atoms with Gasteiger partial charge in [0.15, 0.2) is 5.60 Å². The molecule has 0 aromatic heterocycles. The fourth-order valence-electron chi connectivity index (χ4n) is 3.12. The molecule has 3 rings (SSSR count). The van der Waals surface area contributed by atoms with Crippen LogP contribution in [0.3, 0.4) is 0 Å². The van der Waals surface area contributed by atoms with Crippen LogP contribution in [0.25, 0.3) is 0 Å². The molecule has 1 aliphatic heterocycles. The van der Waals surface area contributed by atoms with E-state index in [2.05, 4.69) is 5.32 Å². The number of nitrogens with zero attached hydrogens (tertiary/aromatic N) is 1. The Bertz CT molecular complexity index is 975. The number of benzene rings is 2. The van der Waals surface area contributed by atoms with Gasteiger partial charge in [-0.3, -0.25) is 9.59 Å². The molecular weight excluding hydrogens is 415 g/mol. The number of aryl methyl sites for hydroxylation is 1. The summed E-state index contributed by atoms with van der Waals surface area (Å²) in [7, 11) is 1.51. The molecule has 0 saturated heterocycles. The number of rotatable bonds is 5. The van der Waals surface area contributed by atoms with Gasteiger partial charge < -0.3 is 19.7 Å². The maximum absolute atomic E-state index is 12.9. The zero-order chi connectivity index (χ0) is 21.3. The van der Waals surface area contributed by atoms with Crippen LogP contribution in [0.1, 0.15) is 25.8 Å². The third-order valence-corrected chi connectivity index (χ3v) is 5.30. The number of carbonyl (C=O) groups is 2. The van der Waals surface area contributed by atoms with Gasteiger partial charge in [0.25, 0.3) is 5.91 Å². The van der Waals surface area contributed by atoms with Gasteiger partial charge in [-0.25, -0.2) is 0 Å². The third-order valence-electron chi connectivity index (χ3n) is 4.65. The van der Waals surface area contributed by atoms with E-state index >= 15 is 0 Å². The van der Waals surface area contributed by atoms with Crippen LogP contribution in [0.15, 0.2) is 30.3 Å². The molecule has 0 atom stereocenters. The van der Waals surface area contributed by atoms with Crippen LogP contribution in [-0.2, 0) is 9.59 Å². The van der Waals surface area contributed by atoms with Crippen molar-refractivity contribution in [2.75, 3.05) is 23.9 Å². The van der Waals surface area contributed by atoms with Crippen LogP contribution >= 0.6 is 23.2 Å². The second kappa shape index (κ2) is 8.13. The van der Waals surface area contributed by atoms with E-state index < -0.39 is 5.60 Å². The Morgan fingerprint density at radius 1 is 1.24 bits per heavy atom. The third kappa shape index (κ3) is 4.43. The zero-order valence-corrected chi connectivity index (χ0v) is 18.1. The molecule has 1 aliphatic rings. The highest BCUT2D eigenvalue weighted by molar-refractivity contribution is 6.31. The van der Waals surface area contributed by atoms with Crippen LogP contribution < -0.4 is 19.7 Å². The Labute approximate surface area is 179 Å². The van der Waals surface area contributed by atoms with Gasteiger partial charge in [0.2, 0.25) is 5.91 Å². The molecule has 6 nitrogen and oxygen atoms in total. The Hall–Kier alpha value is -2.44. The summed E-state index contributed by atoms with van der Waals surface area (Å²) in [5, 5.41) is 3.85. The highest BCUT2D eigenvalue weighted by atomic mass is 35.5. The first-order chi connectivity index (χ1) is 13.6. The smallest absolute Gasteiger partial charge is 0.270 e. The summed E-state index contributed by atoms with van der Waals surface area (Å²) in [5.41, 5.74) is 0.857. The molecular formula is C21H22Cl2N2O4. The Balaban J connectivity index is 1.77. The first-order valence-corrected chi connectivity index (χ1v) is 9.82. The van der Waals surface area contributed by atoms with Crippen LogP contribution in [0.4, 0.5) is 11.4 Å². The molecule has 0 aliphatic carbocycles. The monoisotopic (exact) mass is 436 g/mol. The number of amides is 2. The second-order valence-corrected chi connectivity index (χ2v) is 8.12. The van der Waals surface area contributed by atoms with E-state index in [0.717, 1.165) is 5.56 Å². The van der Waals surface area contributed by atoms with Crippen LogP contribution in [-0.4, -0.2) is 31.1 Å². The van der Waals surface area contributed by atoms with Crippen LogP contribution in [0.5, 0.6) is 11.5 Å². The standard InChI is InChI=1S/C21H22Cl2N2O4/c1-12-9-15(18(28-4)11-14(12)23)24-19(26)7-8-25-16-10-13(22)5-6-17(16)29-21(2,3)20(25)27/h5-6,9-11H,7-8H2,1-4H3,(H,24,26). The number of halogens is 2. The minimum atomic E-state index is -1.03. The van der Waals surface area contributed by atoms with Gasteiger partial charge in [-0.1, -0.05) is 23.2 Å². The molecule has 29 heavy (non-hydrogen) atoms. The molecule has 1 heterocycles. The number of hydrogen-bond donors (Lipinski definition) is 1. The van der Waals surface area contributed by atoms with Crippen molar-refractivity contribution in [3.8, 4) is 11.5 Å². The highest BCUT2D eigenvalue weighted by Gasteiger charge is 2.40. The van der Waals surface area contributed by atoms with E-state index in [1.165, 1.54) is 12.0 Å². The van der Waals surface area contributed by atoms with E-state index in [9.17, 15) is 9.59 Å². The predicted octanol–water partition coefficient (Wildman–Crippen LogP) is 4.84. The number of methoxy groups -OCH3 is 1. The quantitative estimate of drug-likeness (QED) is 0.727. The normalized spacial score (nSPS) is 14.8. The largest absolute Gasteiger partial charge is 0.495 e. The van der Waals surface area contributed by atoms with Crippen molar-refractivity contribution in [1.29, 1.82) is 0 Å². The second-order valence-electron chi connectivity index (χ2n) is 7.28. The Morgan fingerprint density at radius 2 is 1.97 bits per heavy atom. The van der Waals surface area contributed by atoms with E-state index in [1.54, 1.807) is 44.2 Å². The van der Waals surface area contributed by atoms with Gasteiger partial charge in [-0.05, 0) is 50.6 Å². The Morgan fingerprint density at radius 3 is 2.66 bits per heavy atom. The van der Waals surface area contributed by atoms with Crippen molar-refractivity contribution in [1.82, 2.24) is 0 Å². The molecule has 154 valence electrons.